The van der Waals surface area contributed by atoms with E-state index >= 15 is 0 Å². The van der Waals surface area contributed by atoms with Crippen LogP contribution < -0.4 is 20.7 Å². The Bertz CT molecular complexity index is 703. The van der Waals surface area contributed by atoms with Crippen molar-refractivity contribution in [1.29, 1.82) is 0 Å². The number of carbonyl (C=O) groups excluding carboxylic acids is 1. The Balaban J connectivity index is 1.53. The number of ether oxygens (including phenoxy) is 1. The zero-order valence-corrected chi connectivity index (χ0v) is 15.4. The van der Waals surface area contributed by atoms with Gasteiger partial charge in [-0.25, -0.2) is 0 Å². The summed E-state index contributed by atoms with van der Waals surface area (Å²) in [6.45, 7) is 4.68. The number of aryl methyl sites for hydroxylation is 1. The number of hydrogen-bond donors (Lipinski definition) is 3. The Labute approximate surface area is 155 Å². The second-order valence-electron chi connectivity index (χ2n) is 6.63. The number of rotatable bonds is 7. The van der Waals surface area contributed by atoms with Gasteiger partial charge in [0.25, 0.3) is 0 Å². The molecule has 138 valence electrons. The molecule has 5 nitrogen and oxygen atoms in total. The van der Waals surface area contributed by atoms with Crippen molar-refractivity contribution in [2.75, 3.05) is 11.9 Å². The van der Waals surface area contributed by atoms with Crippen LogP contribution in [-0.4, -0.2) is 24.8 Å². The minimum atomic E-state index is -0.275. The molecule has 0 spiro atoms. The first-order chi connectivity index (χ1) is 12.7. The van der Waals surface area contributed by atoms with Crippen LogP contribution in [-0.2, 0) is 11.2 Å². The molecule has 1 heterocycles. The summed E-state index contributed by atoms with van der Waals surface area (Å²) in [5.41, 5.74) is 2.20. The lowest BCUT2D eigenvalue weighted by atomic mass is 9.91. The molecule has 2 aromatic rings. The molecule has 26 heavy (non-hydrogen) atoms. The van der Waals surface area contributed by atoms with Gasteiger partial charge in [0.15, 0.2) is 6.29 Å². The van der Waals surface area contributed by atoms with E-state index in [9.17, 15) is 4.79 Å². The quantitative estimate of drug-likeness (QED) is 0.716. The summed E-state index contributed by atoms with van der Waals surface area (Å²) in [6, 6.07) is 18.1. The van der Waals surface area contributed by atoms with Crippen LogP contribution in [0.4, 0.5) is 5.69 Å². The monoisotopic (exact) mass is 353 g/mol. The van der Waals surface area contributed by atoms with Crippen molar-refractivity contribution in [3.05, 3.63) is 60.2 Å². The molecule has 3 N–H and O–H groups in total. The standard InChI is InChI=1S/C21H27N3O2/c1-3-26-18-12-10-17(11-13-18)23-21-22-15(2)19(20(25)24-21)14-9-16-7-5-4-6-8-16/h4-8,10-13,15,19,21-23H,3,9,14H2,1-2H3,(H,24,25). The topological polar surface area (TPSA) is 62.4 Å². The smallest absolute Gasteiger partial charge is 0.227 e. The molecule has 1 aliphatic heterocycles. The Morgan fingerprint density at radius 3 is 2.46 bits per heavy atom. The zero-order chi connectivity index (χ0) is 18.4. The van der Waals surface area contributed by atoms with Crippen LogP contribution in [0.3, 0.4) is 0 Å². The van der Waals surface area contributed by atoms with E-state index in [1.807, 2.05) is 49.4 Å². The Hall–Kier alpha value is -2.53. The fraction of sp³-hybridized carbons (Fsp3) is 0.381. The maximum Gasteiger partial charge on any atom is 0.227 e. The molecule has 0 saturated carbocycles. The van der Waals surface area contributed by atoms with Gasteiger partial charge in [0.05, 0.1) is 12.5 Å². The molecule has 5 heteroatoms. The van der Waals surface area contributed by atoms with Crippen molar-refractivity contribution in [2.45, 2.75) is 39.0 Å². The van der Waals surface area contributed by atoms with E-state index in [1.54, 1.807) is 0 Å². The van der Waals surface area contributed by atoms with Crippen LogP contribution >= 0.6 is 0 Å². The highest BCUT2D eigenvalue weighted by atomic mass is 16.5. The molecule has 3 atom stereocenters. The summed E-state index contributed by atoms with van der Waals surface area (Å²) in [4.78, 5) is 12.6. The normalized spacial score (nSPS) is 22.5. The van der Waals surface area contributed by atoms with Crippen molar-refractivity contribution in [3.8, 4) is 5.75 Å². The lowest BCUT2D eigenvalue weighted by Gasteiger charge is -2.36. The van der Waals surface area contributed by atoms with Gasteiger partial charge in [-0.3, -0.25) is 10.1 Å². The molecule has 1 amide bonds. The summed E-state index contributed by atoms with van der Waals surface area (Å²) in [5.74, 6) is 0.900. The van der Waals surface area contributed by atoms with Crippen LogP contribution in [0.1, 0.15) is 25.8 Å². The van der Waals surface area contributed by atoms with E-state index in [-0.39, 0.29) is 24.2 Å². The van der Waals surface area contributed by atoms with Crippen molar-refractivity contribution in [3.63, 3.8) is 0 Å². The maximum absolute atomic E-state index is 12.6. The molecule has 0 bridgehead atoms. The first-order valence-electron chi connectivity index (χ1n) is 9.25. The summed E-state index contributed by atoms with van der Waals surface area (Å²) in [7, 11) is 0. The van der Waals surface area contributed by atoms with Gasteiger partial charge in [-0.15, -0.1) is 0 Å². The number of nitrogens with one attached hydrogen (secondary N) is 3. The zero-order valence-electron chi connectivity index (χ0n) is 15.4. The lowest BCUT2D eigenvalue weighted by molar-refractivity contribution is -0.129. The fourth-order valence-corrected chi connectivity index (χ4v) is 3.30. The van der Waals surface area contributed by atoms with Gasteiger partial charge < -0.3 is 15.4 Å². The largest absolute Gasteiger partial charge is 0.494 e. The van der Waals surface area contributed by atoms with Gasteiger partial charge in [-0.2, -0.15) is 0 Å². The van der Waals surface area contributed by atoms with Gasteiger partial charge in [0.1, 0.15) is 5.75 Å². The molecule has 2 aromatic carbocycles. The highest BCUT2D eigenvalue weighted by molar-refractivity contribution is 5.80. The Morgan fingerprint density at radius 1 is 1.08 bits per heavy atom. The Kier molecular flexibility index (Phi) is 6.12. The summed E-state index contributed by atoms with van der Waals surface area (Å²) in [5, 5.41) is 9.78. The van der Waals surface area contributed by atoms with Gasteiger partial charge in [0.2, 0.25) is 5.91 Å². The van der Waals surface area contributed by atoms with Crippen molar-refractivity contribution < 1.29 is 9.53 Å². The van der Waals surface area contributed by atoms with Crippen LogP contribution in [0.5, 0.6) is 5.75 Å². The van der Waals surface area contributed by atoms with Crippen molar-refractivity contribution in [2.24, 2.45) is 5.92 Å². The molecule has 1 aliphatic rings. The van der Waals surface area contributed by atoms with Gasteiger partial charge in [0, 0.05) is 11.7 Å². The minimum absolute atomic E-state index is 0.0337. The average Bonchev–Trinajstić information content (AvgIpc) is 2.64. The summed E-state index contributed by atoms with van der Waals surface area (Å²) < 4.78 is 5.45. The second kappa shape index (κ2) is 8.72. The first kappa shape index (κ1) is 18.3. The minimum Gasteiger partial charge on any atom is -0.494 e. The number of anilines is 1. The molecule has 1 saturated heterocycles. The highest BCUT2D eigenvalue weighted by Gasteiger charge is 2.32. The van der Waals surface area contributed by atoms with E-state index in [0.717, 1.165) is 24.3 Å². The van der Waals surface area contributed by atoms with E-state index in [4.69, 9.17) is 4.74 Å². The number of amides is 1. The molecule has 0 radical (unpaired) electrons. The van der Waals surface area contributed by atoms with Crippen LogP contribution in [0.15, 0.2) is 54.6 Å². The fourth-order valence-electron chi connectivity index (χ4n) is 3.30. The van der Waals surface area contributed by atoms with E-state index < -0.39 is 0 Å². The second-order valence-corrected chi connectivity index (χ2v) is 6.63. The lowest BCUT2D eigenvalue weighted by Crippen LogP contribution is -2.63. The van der Waals surface area contributed by atoms with Crippen LogP contribution in [0.25, 0.3) is 0 Å². The SMILES string of the molecule is CCOc1ccc(NC2NC(=O)C(CCc3ccccc3)C(C)N2)cc1. The summed E-state index contributed by atoms with van der Waals surface area (Å²) in [6.07, 6.45) is 1.46. The van der Waals surface area contributed by atoms with E-state index in [2.05, 4.69) is 35.0 Å². The maximum atomic E-state index is 12.6. The predicted molar refractivity (Wildman–Crippen MR) is 104 cm³/mol. The molecule has 3 rings (SSSR count). The van der Waals surface area contributed by atoms with Crippen LogP contribution in [0, 0.1) is 5.92 Å². The van der Waals surface area contributed by atoms with Gasteiger partial charge in [-0.05, 0) is 56.5 Å². The van der Waals surface area contributed by atoms with E-state index in [1.165, 1.54) is 5.56 Å². The molecule has 0 aromatic heterocycles. The third-order valence-corrected chi connectivity index (χ3v) is 4.72. The molecular formula is C21H27N3O2. The predicted octanol–water partition coefficient (Wildman–Crippen LogP) is 3.14. The average molecular weight is 353 g/mol. The van der Waals surface area contributed by atoms with Gasteiger partial charge in [-0.1, -0.05) is 30.3 Å². The molecule has 3 unspecified atom stereocenters. The third-order valence-electron chi connectivity index (χ3n) is 4.72. The first-order valence-corrected chi connectivity index (χ1v) is 9.25. The van der Waals surface area contributed by atoms with Crippen molar-refractivity contribution in [1.82, 2.24) is 10.6 Å². The van der Waals surface area contributed by atoms with E-state index in [0.29, 0.717) is 6.61 Å². The molecular weight excluding hydrogens is 326 g/mol. The highest BCUT2D eigenvalue weighted by Crippen LogP contribution is 2.20. The van der Waals surface area contributed by atoms with Gasteiger partial charge >= 0.3 is 0 Å². The number of hydrogen-bond acceptors (Lipinski definition) is 4. The third kappa shape index (κ3) is 4.76. The Morgan fingerprint density at radius 2 is 1.81 bits per heavy atom. The van der Waals surface area contributed by atoms with Crippen LogP contribution in [0.2, 0.25) is 0 Å². The number of benzene rings is 2. The number of carbonyl (C=O) groups is 1. The molecule has 0 aliphatic carbocycles. The molecule has 1 fully saturated rings. The summed E-state index contributed by atoms with van der Waals surface area (Å²) >= 11 is 0. The van der Waals surface area contributed by atoms with Crippen molar-refractivity contribution >= 4 is 11.6 Å².